The molecule has 2 N–H and O–H groups in total. The van der Waals surface area contributed by atoms with E-state index in [1.54, 1.807) is 4.90 Å². The van der Waals surface area contributed by atoms with Crippen LogP contribution in [0.15, 0.2) is 30.3 Å². The zero-order chi connectivity index (χ0) is 14.6. The van der Waals surface area contributed by atoms with Crippen molar-refractivity contribution in [2.24, 2.45) is 5.73 Å². The summed E-state index contributed by atoms with van der Waals surface area (Å²) in [6, 6.07) is 9.74. The highest BCUT2D eigenvalue weighted by molar-refractivity contribution is 5.67. The van der Waals surface area contributed by atoms with Gasteiger partial charge in [-0.15, -0.1) is 0 Å². The number of amides is 1. The average molecular weight is 278 g/mol. The third kappa shape index (κ3) is 6.57. The lowest BCUT2D eigenvalue weighted by atomic mass is 10.2. The first kappa shape index (κ1) is 16.5. The van der Waals surface area contributed by atoms with Crippen LogP contribution in [0.25, 0.3) is 0 Å². The Morgan fingerprint density at radius 2 is 1.85 bits per heavy atom. The van der Waals surface area contributed by atoms with E-state index < -0.39 is 0 Å². The Labute approximate surface area is 121 Å². The molecule has 1 rings (SSSR count). The molecule has 0 aliphatic carbocycles. The first-order valence-corrected chi connectivity index (χ1v) is 7.43. The van der Waals surface area contributed by atoms with Gasteiger partial charge in [-0.3, -0.25) is 0 Å². The third-order valence-corrected chi connectivity index (χ3v) is 3.13. The lowest BCUT2D eigenvalue weighted by Crippen LogP contribution is -2.34. The molecule has 4 nitrogen and oxygen atoms in total. The largest absolute Gasteiger partial charge is 0.445 e. The first-order chi connectivity index (χ1) is 9.77. The van der Waals surface area contributed by atoms with Gasteiger partial charge in [0.15, 0.2) is 0 Å². The number of rotatable bonds is 9. The maximum absolute atomic E-state index is 12.1. The summed E-state index contributed by atoms with van der Waals surface area (Å²) >= 11 is 0. The Bertz CT molecular complexity index is 368. The fourth-order valence-corrected chi connectivity index (χ4v) is 1.94. The maximum atomic E-state index is 12.1. The van der Waals surface area contributed by atoms with Crippen molar-refractivity contribution >= 4 is 6.09 Å². The van der Waals surface area contributed by atoms with Gasteiger partial charge in [-0.1, -0.05) is 50.1 Å². The molecule has 1 aromatic rings. The van der Waals surface area contributed by atoms with E-state index in [1.807, 2.05) is 30.3 Å². The van der Waals surface area contributed by atoms with Gasteiger partial charge in [-0.05, 0) is 24.9 Å². The summed E-state index contributed by atoms with van der Waals surface area (Å²) in [6.07, 6.45) is 3.86. The molecule has 0 fully saturated rings. The van der Waals surface area contributed by atoms with E-state index in [0.29, 0.717) is 19.7 Å². The van der Waals surface area contributed by atoms with Gasteiger partial charge in [0, 0.05) is 13.1 Å². The van der Waals surface area contributed by atoms with Crippen LogP contribution < -0.4 is 5.73 Å². The number of hydrogen-bond donors (Lipinski definition) is 1. The van der Waals surface area contributed by atoms with Gasteiger partial charge in [-0.25, -0.2) is 4.79 Å². The van der Waals surface area contributed by atoms with Crippen LogP contribution in [0.5, 0.6) is 0 Å². The molecule has 0 aliphatic rings. The number of carbonyl (C=O) groups is 1. The van der Waals surface area contributed by atoms with E-state index in [-0.39, 0.29) is 6.09 Å². The number of ether oxygens (including phenoxy) is 1. The fraction of sp³-hybridized carbons (Fsp3) is 0.562. The number of unbranched alkanes of at least 4 members (excludes halogenated alkanes) is 2. The minimum absolute atomic E-state index is 0.238. The molecule has 0 bridgehead atoms. The van der Waals surface area contributed by atoms with Crippen molar-refractivity contribution in [2.45, 2.75) is 39.2 Å². The number of benzene rings is 1. The molecule has 0 saturated carbocycles. The van der Waals surface area contributed by atoms with E-state index in [2.05, 4.69) is 6.92 Å². The Morgan fingerprint density at radius 1 is 1.15 bits per heavy atom. The highest BCUT2D eigenvalue weighted by Crippen LogP contribution is 2.06. The quantitative estimate of drug-likeness (QED) is 0.706. The van der Waals surface area contributed by atoms with Gasteiger partial charge < -0.3 is 15.4 Å². The van der Waals surface area contributed by atoms with Crippen molar-refractivity contribution in [1.29, 1.82) is 0 Å². The molecule has 0 heterocycles. The molecule has 112 valence electrons. The topological polar surface area (TPSA) is 55.6 Å². The molecule has 0 spiro atoms. The van der Waals surface area contributed by atoms with Crippen molar-refractivity contribution < 1.29 is 9.53 Å². The summed E-state index contributed by atoms with van der Waals surface area (Å²) in [6.45, 7) is 4.50. The number of nitrogens with zero attached hydrogens (tertiary/aromatic N) is 1. The van der Waals surface area contributed by atoms with Crippen LogP contribution in [-0.2, 0) is 11.3 Å². The number of nitrogens with two attached hydrogens (primary N) is 1. The van der Waals surface area contributed by atoms with Gasteiger partial charge in [0.05, 0.1) is 0 Å². The van der Waals surface area contributed by atoms with Gasteiger partial charge in [0.1, 0.15) is 6.61 Å². The van der Waals surface area contributed by atoms with Crippen LogP contribution >= 0.6 is 0 Å². The van der Waals surface area contributed by atoms with Gasteiger partial charge in [-0.2, -0.15) is 0 Å². The lowest BCUT2D eigenvalue weighted by molar-refractivity contribution is 0.0952. The monoisotopic (exact) mass is 278 g/mol. The van der Waals surface area contributed by atoms with Crippen LogP contribution in [0.1, 0.15) is 38.2 Å². The number of carbonyl (C=O) groups excluding carboxylic acids is 1. The normalized spacial score (nSPS) is 10.3. The third-order valence-electron chi connectivity index (χ3n) is 3.13. The van der Waals surface area contributed by atoms with Crippen molar-refractivity contribution in [2.75, 3.05) is 19.6 Å². The molecule has 0 atom stereocenters. The maximum Gasteiger partial charge on any atom is 0.410 e. The summed E-state index contributed by atoms with van der Waals surface area (Å²) in [5, 5.41) is 0. The van der Waals surface area contributed by atoms with Gasteiger partial charge >= 0.3 is 6.09 Å². The van der Waals surface area contributed by atoms with Crippen molar-refractivity contribution in [1.82, 2.24) is 4.90 Å². The molecular weight excluding hydrogens is 252 g/mol. The predicted octanol–water partition coefficient (Wildman–Crippen LogP) is 3.16. The summed E-state index contributed by atoms with van der Waals surface area (Å²) in [7, 11) is 0. The van der Waals surface area contributed by atoms with Crippen LogP contribution in [0.4, 0.5) is 4.79 Å². The summed E-state index contributed by atoms with van der Waals surface area (Å²) in [4.78, 5) is 13.8. The fourth-order valence-electron chi connectivity index (χ4n) is 1.94. The van der Waals surface area contributed by atoms with Crippen molar-refractivity contribution in [3.8, 4) is 0 Å². The average Bonchev–Trinajstić information content (AvgIpc) is 2.49. The standard InChI is InChI=1S/C16H26N2O2/c1-2-3-7-12-18(13-8-11-17)16(19)20-14-15-9-5-4-6-10-15/h4-6,9-10H,2-3,7-8,11-14,17H2,1H3. The van der Waals surface area contributed by atoms with E-state index in [1.165, 1.54) is 0 Å². The van der Waals surface area contributed by atoms with E-state index in [9.17, 15) is 4.79 Å². The molecular formula is C16H26N2O2. The molecule has 1 amide bonds. The zero-order valence-electron chi connectivity index (χ0n) is 12.4. The SMILES string of the molecule is CCCCCN(CCCN)C(=O)OCc1ccccc1. The van der Waals surface area contributed by atoms with E-state index >= 15 is 0 Å². The highest BCUT2D eigenvalue weighted by Gasteiger charge is 2.13. The summed E-state index contributed by atoms with van der Waals surface area (Å²) in [5.74, 6) is 0. The van der Waals surface area contributed by atoms with Crippen LogP contribution in [-0.4, -0.2) is 30.6 Å². The second-order valence-electron chi connectivity index (χ2n) is 4.88. The number of hydrogen-bond acceptors (Lipinski definition) is 3. The molecule has 20 heavy (non-hydrogen) atoms. The van der Waals surface area contributed by atoms with Crippen LogP contribution in [0, 0.1) is 0 Å². The van der Waals surface area contributed by atoms with Gasteiger partial charge in [0.2, 0.25) is 0 Å². The van der Waals surface area contributed by atoms with E-state index in [4.69, 9.17) is 10.5 Å². The first-order valence-electron chi connectivity index (χ1n) is 7.43. The second kappa shape index (κ2) is 10.3. The Morgan fingerprint density at radius 3 is 2.50 bits per heavy atom. The molecule has 0 aromatic heterocycles. The van der Waals surface area contributed by atoms with Crippen LogP contribution in [0.3, 0.4) is 0 Å². The zero-order valence-corrected chi connectivity index (χ0v) is 12.4. The molecule has 0 aliphatic heterocycles. The minimum atomic E-state index is -0.238. The molecule has 0 saturated heterocycles. The molecule has 0 unspecified atom stereocenters. The lowest BCUT2D eigenvalue weighted by Gasteiger charge is -2.21. The predicted molar refractivity (Wildman–Crippen MR) is 81.4 cm³/mol. The Balaban J connectivity index is 2.40. The molecule has 0 radical (unpaired) electrons. The summed E-state index contributed by atoms with van der Waals surface area (Å²) < 4.78 is 5.36. The molecule has 1 aromatic carbocycles. The Hall–Kier alpha value is -1.55. The van der Waals surface area contributed by atoms with Crippen LogP contribution in [0.2, 0.25) is 0 Å². The van der Waals surface area contributed by atoms with E-state index in [0.717, 1.165) is 37.8 Å². The van der Waals surface area contributed by atoms with Gasteiger partial charge in [0.25, 0.3) is 0 Å². The summed E-state index contributed by atoms with van der Waals surface area (Å²) in [5.41, 5.74) is 6.53. The molecule has 4 heteroatoms. The Kier molecular flexibility index (Phi) is 8.47. The second-order valence-corrected chi connectivity index (χ2v) is 4.88. The smallest absolute Gasteiger partial charge is 0.410 e. The van der Waals surface area contributed by atoms with Crippen molar-refractivity contribution in [3.05, 3.63) is 35.9 Å². The highest BCUT2D eigenvalue weighted by atomic mass is 16.6. The minimum Gasteiger partial charge on any atom is -0.445 e. The van der Waals surface area contributed by atoms with Crippen molar-refractivity contribution in [3.63, 3.8) is 0 Å².